The van der Waals surface area contributed by atoms with Crippen molar-refractivity contribution in [1.82, 2.24) is 25.4 Å². The van der Waals surface area contributed by atoms with Gasteiger partial charge in [0.05, 0.1) is 17.5 Å². The van der Waals surface area contributed by atoms with Crippen LogP contribution >= 0.6 is 11.6 Å². The number of hydrogen-bond acceptors (Lipinski definition) is 6. The molecule has 0 saturated carbocycles. The largest absolute Gasteiger partial charge is 0.465 e. The van der Waals surface area contributed by atoms with Crippen molar-refractivity contribution in [3.63, 3.8) is 0 Å². The third kappa shape index (κ3) is 8.66. The van der Waals surface area contributed by atoms with Gasteiger partial charge in [0, 0.05) is 44.3 Å². The molecule has 4 N–H and O–H groups in total. The number of urea groups is 1. The fourth-order valence-corrected chi connectivity index (χ4v) is 4.86. The molecule has 0 spiro atoms. The van der Waals surface area contributed by atoms with Gasteiger partial charge in [0.15, 0.2) is 0 Å². The number of nitrogens with zero attached hydrogens (tertiary/aromatic N) is 3. The molecule has 44 heavy (non-hydrogen) atoms. The first kappa shape index (κ1) is 32.2. The molecule has 234 valence electrons. The van der Waals surface area contributed by atoms with E-state index in [4.69, 9.17) is 21.4 Å². The summed E-state index contributed by atoms with van der Waals surface area (Å²) in [6, 6.07) is 7.96. The van der Waals surface area contributed by atoms with Gasteiger partial charge >= 0.3 is 18.2 Å². The van der Waals surface area contributed by atoms with Crippen molar-refractivity contribution < 1.29 is 37.8 Å². The second-order valence-electron chi connectivity index (χ2n) is 10.2. The van der Waals surface area contributed by atoms with Crippen molar-refractivity contribution in [2.45, 2.75) is 37.9 Å². The van der Waals surface area contributed by atoms with Gasteiger partial charge in [0.1, 0.15) is 24.1 Å². The number of nitrogens with one attached hydrogen (secondary N) is 3. The highest BCUT2D eigenvalue weighted by atomic mass is 35.5. The van der Waals surface area contributed by atoms with Gasteiger partial charge in [-0.3, -0.25) is 10.1 Å². The number of likely N-dealkylation sites (tertiary alicyclic amines) is 1. The maximum Gasteiger partial charge on any atom is 0.412 e. The molecular formula is C29H31ClF2N6O6. The third-order valence-electron chi connectivity index (χ3n) is 7.20. The van der Waals surface area contributed by atoms with E-state index in [-0.39, 0.29) is 49.5 Å². The molecule has 2 aromatic carbocycles. The molecule has 1 saturated heterocycles. The molecule has 1 aromatic heterocycles. The van der Waals surface area contributed by atoms with E-state index in [1.54, 1.807) is 12.1 Å². The smallest absolute Gasteiger partial charge is 0.412 e. The number of fused-ring (bicyclic) bond motifs is 1. The van der Waals surface area contributed by atoms with Crippen LogP contribution in [0.4, 0.5) is 29.0 Å². The van der Waals surface area contributed by atoms with Crippen LogP contribution < -0.4 is 16.0 Å². The Morgan fingerprint density at radius 2 is 1.89 bits per heavy atom. The molecule has 2 heterocycles. The maximum atomic E-state index is 13.8. The molecule has 4 rings (SSSR count). The molecule has 0 unspecified atom stereocenters. The number of rotatable bonds is 9. The molecule has 5 amide bonds. The maximum absolute atomic E-state index is 13.8. The predicted molar refractivity (Wildman–Crippen MR) is 157 cm³/mol. The Morgan fingerprint density at radius 1 is 1.14 bits per heavy atom. The van der Waals surface area contributed by atoms with Crippen molar-refractivity contribution in [1.29, 1.82) is 0 Å². The van der Waals surface area contributed by atoms with Crippen LogP contribution in [0.1, 0.15) is 24.8 Å². The van der Waals surface area contributed by atoms with Crippen molar-refractivity contribution >= 4 is 52.3 Å². The van der Waals surface area contributed by atoms with E-state index in [0.29, 0.717) is 29.2 Å². The Labute approximate surface area is 256 Å². The number of piperidine rings is 1. The Balaban J connectivity index is 1.39. The van der Waals surface area contributed by atoms with Crippen LogP contribution in [0.2, 0.25) is 5.02 Å². The van der Waals surface area contributed by atoms with Crippen molar-refractivity contribution in [2.75, 3.05) is 32.1 Å². The number of aromatic nitrogens is 1. The van der Waals surface area contributed by atoms with Gasteiger partial charge in [-0.25, -0.2) is 28.1 Å². The van der Waals surface area contributed by atoms with Gasteiger partial charge in [-0.05, 0) is 54.1 Å². The Kier molecular flexibility index (Phi) is 10.7. The van der Waals surface area contributed by atoms with Crippen LogP contribution in [0.5, 0.6) is 0 Å². The zero-order valence-corrected chi connectivity index (χ0v) is 24.4. The summed E-state index contributed by atoms with van der Waals surface area (Å²) in [6.07, 6.45) is 0.124. The lowest BCUT2D eigenvalue weighted by Gasteiger charge is -2.32. The fraction of sp³-hybridized carbons (Fsp3) is 0.345. The monoisotopic (exact) mass is 632 g/mol. The van der Waals surface area contributed by atoms with E-state index in [0.717, 1.165) is 0 Å². The minimum absolute atomic E-state index is 0.101. The summed E-state index contributed by atoms with van der Waals surface area (Å²) in [7, 11) is 1.41. The number of amides is 5. The first-order valence-electron chi connectivity index (χ1n) is 13.7. The summed E-state index contributed by atoms with van der Waals surface area (Å²) in [5, 5.41) is 18.1. The van der Waals surface area contributed by atoms with E-state index in [1.165, 1.54) is 53.4 Å². The predicted octanol–water partition coefficient (Wildman–Crippen LogP) is 4.57. The average Bonchev–Trinajstić information content (AvgIpc) is 2.99. The Morgan fingerprint density at radius 3 is 2.61 bits per heavy atom. The minimum Gasteiger partial charge on any atom is -0.465 e. The summed E-state index contributed by atoms with van der Waals surface area (Å²) < 4.78 is 32.8. The number of halogens is 3. The third-order valence-corrected chi connectivity index (χ3v) is 7.63. The number of carboxylic acid groups (broad SMARTS) is 1. The van der Waals surface area contributed by atoms with Gasteiger partial charge in [0.2, 0.25) is 5.91 Å². The van der Waals surface area contributed by atoms with Crippen LogP contribution in [0, 0.1) is 11.6 Å². The number of carbonyl (C=O) groups excluding carboxylic acids is 3. The average molecular weight is 633 g/mol. The van der Waals surface area contributed by atoms with E-state index in [2.05, 4.69) is 20.9 Å². The van der Waals surface area contributed by atoms with Crippen LogP contribution in [0.25, 0.3) is 10.8 Å². The molecule has 1 aliphatic heterocycles. The van der Waals surface area contributed by atoms with Crippen LogP contribution in [-0.2, 0) is 16.1 Å². The molecule has 12 nitrogen and oxygen atoms in total. The quantitative estimate of drug-likeness (QED) is 0.269. The second-order valence-corrected chi connectivity index (χ2v) is 10.6. The number of likely N-dealkylation sites (N-methyl/N-ethyl adjacent to an activating group) is 1. The van der Waals surface area contributed by atoms with Gasteiger partial charge in [-0.2, -0.15) is 0 Å². The molecule has 0 bridgehead atoms. The summed E-state index contributed by atoms with van der Waals surface area (Å²) >= 11 is 5.98. The van der Waals surface area contributed by atoms with Crippen molar-refractivity contribution in [3.05, 3.63) is 70.9 Å². The number of pyridine rings is 1. The number of hydrogen-bond donors (Lipinski definition) is 4. The van der Waals surface area contributed by atoms with E-state index in [1.807, 2.05) is 0 Å². The molecule has 1 aliphatic rings. The first-order chi connectivity index (χ1) is 21.0. The van der Waals surface area contributed by atoms with Crippen LogP contribution in [-0.4, -0.2) is 82.8 Å². The minimum atomic E-state index is -1.02. The molecular weight excluding hydrogens is 602 g/mol. The van der Waals surface area contributed by atoms with Crippen LogP contribution in [0.15, 0.2) is 48.7 Å². The second kappa shape index (κ2) is 14.6. The number of ether oxygens (including phenoxy) is 1. The topological polar surface area (TPSA) is 153 Å². The van der Waals surface area contributed by atoms with Crippen molar-refractivity contribution in [3.8, 4) is 0 Å². The van der Waals surface area contributed by atoms with Gasteiger partial charge < -0.3 is 30.3 Å². The van der Waals surface area contributed by atoms with E-state index < -0.39 is 41.8 Å². The standard InChI is InChI=1S/C29H31ClF2N6O6/c1-37(27(40)34-15-18-3-2-4-23(32)26(18)30)22(13-25(39)35-21-7-9-38(10-8-21)29(42)43)16-44-28(41)36-24-12-19-11-20(31)6-5-17(19)14-33-24/h2-6,11-12,14,21-22H,7-10,13,15-16H2,1H3,(H,34,40)(H,35,39)(H,42,43)(H,33,36,41)/t22-/m0/s1. The molecule has 3 aromatic rings. The van der Waals surface area contributed by atoms with E-state index in [9.17, 15) is 28.0 Å². The Hall–Kier alpha value is -4.72. The molecule has 1 atom stereocenters. The summed E-state index contributed by atoms with van der Waals surface area (Å²) in [6.45, 7) is 0.0563. The zero-order chi connectivity index (χ0) is 31.8. The summed E-state index contributed by atoms with van der Waals surface area (Å²) in [5.74, 6) is -1.42. The zero-order valence-electron chi connectivity index (χ0n) is 23.7. The van der Waals surface area contributed by atoms with Gasteiger partial charge in [-0.1, -0.05) is 23.7 Å². The molecule has 15 heteroatoms. The number of carbonyl (C=O) groups is 4. The first-order valence-corrected chi connectivity index (χ1v) is 14.1. The SMILES string of the molecule is CN(C(=O)NCc1cccc(F)c1Cl)[C@H](COC(=O)Nc1cc2cc(F)ccc2cn1)CC(=O)NC1CCN(C(=O)O)CC1. The lowest BCUT2D eigenvalue weighted by atomic mass is 10.0. The molecule has 0 radical (unpaired) electrons. The van der Waals surface area contributed by atoms with E-state index >= 15 is 0 Å². The lowest BCUT2D eigenvalue weighted by molar-refractivity contribution is -0.123. The Bertz CT molecular complexity index is 1540. The number of benzene rings is 2. The lowest BCUT2D eigenvalue weighted by Crippen LogP contribution is -2.50. The normalized spacial score (nSPS) is 14.0. The fourth-order valence-electron chi connectivity index (χ4n) is 4.66. The highest BCUT2D eigenvalue weighted by Gasteiger charge is 2.28. The van der Waals surface area contributed by atoms with Gasteiger partial charge in [-0.15, -0.1) is 0 Å². The van der Waals surface area contributed by atoms with Gasteiger partial charge in [0.25, 0.3) is 0 Å². The molecule has 1 fully saturated rings. The molecule has 0 aliphatic carbocycles. The number of anilines is 1. The van der Waals surface area contributed by atoms with Crippen molar-refractivity contribution in [2.24, 2.45) is 0 Å². The highest BCUT2D eigenvalue weighted by Crippen LogP contribution is 2.20. The van der Waals surface area contributed by atoms with Crippen LogP contribution in [0.3, 0.4) is 0 Å². The summed E-state index contributed by atoms with van der Waals surface area (Å²) in [5.41, 5.74) is 0.341. The summed E-state index contributed by atoms with van der Waals surface area (Å²) in [4.78, 5) is 56.3. The highest BCUT2D eigenvalue weighted by molar-refractivity contribution is 6.31.